The largest absolute Gasteiger partial charge is 0.354 e. The molecule has 1 aliphatic rings. The highest BCUT2D eigenvalue weighted by Gasteiger charge is 2.26. The number of para-hydroxylation sites is 1. The molecule has 0 aliphatic carbocycles. The van der Waals surface area contributed by atoms with E-state index in [1.807, 2.05) is 24.3 Å². The van der Waals surface area contributed by atoms with Crippen molar-refractivity contribution >= 4 is 16.7 Å². The molecule has 0 saturated carbocycles. The second kappa shape index (κ2) is 7.02. The van der Waals surface area contributed by atoms with Crippen LogP contribution in [-0.4, -0.2) is 50.5 Å². The molecule has 0 unspecified atom stereocenters. The van der Waals surface area contributed by atoms with Crippen molar-refractivity contribution in [3.63, 3.8) is 0 Å². The van der Waals surface area contributed by atoms with Crippen molar-refractivity contribution in [2.45, 2.75) is 0 Å². The number of ketones is 1. The average Bonchev–Trinajstić information content (AvgIpc) is 3.04. The molecule has 1 fully saturated rings. The zero-order valence-electron chi connectivity index (χ0n) is 14.9. The topological polar surface area (TPSA) is 41.7 Å². The van der Waals surface area contributed by atoms with Gasteiger partial charge in [0.05, 0.1) is 18.3 Å². The number of carbonyl (C=O) groups is 1. The van der Waals surface area contributed by atoms with E-state index < -0.39 is 0 Å². The van der Waals surface area contributed by atoms with E-state index >= 15 is 0 Å². The van der Waals surface area contributed by atoms with Gasteiger partial charge in [0, 0.05) is 10.9 Å². The number of aromatic amines is 1. The molecule has 3 aromatic rings. The molecule has 3 N–H and O–H groups in total. The van der Waals surface area contributed by atoms with Crippen molar-refractivity contribution < 1.29 is 19.0 Å². The second-order valence-electron chi connectivity index (χ2n) is 7.23. The molecule has 1 aromatic heterocycles. The summed E-state index contributed by atoms with van der Waals surface area (Å²) >= 11 is 0. The fraction of sp³-hybridized carbons (Fsp3) is 0.286. The van der Waals surface area contributed by atoms with Crippen LogP contribution in [0.2, 0.25) is 0 Å². The van der Waals surface area contributed by atoms with Gasteiger partial charge < -0.3 is 14.8 Å². The minimum absolute atomic E-state index is 0.149. The van der Waals surface area contributed by atoms with Crippen molar-refractivity contribution in [1.29, 1.82) is 0 Å². The van der Waals surface area contributed by atoms with Crippen LogP contribution in [0.4, 0.5) is 4.39 Å². The zero-order chi connectivity index (χ0) is 18.1. The molecule has 26 heavy (non-hydrogen) atoms. The minimum atomic E-state index is -0.276. The van der Waals surface area contributed by atoms with Crippen molar-refractivity contribution in [3.8, 4) is 11.3 Å². The smallest absolute Gasteiger partial charge is 0.219 e. The van der Waals surface area contributed by atoms with Gasteiger partial charge in [-0.1, -0.05) is 18.2 Å². The Morgan fingerprint density at radius 3 is 2.46 bits per heavy atom. The van der Waals surface area contributed by atoms with Gasteiger partial charge in [0.25, 0.3) is 0 Å². The number of Topliss-reactive ketones (excluding diaryl/α,β-unsaturated/α-hetero) is 1. The van der Waals surface area contributed by atoms with Gasteiger partial charge in [0.2, 0.25) is 5.78 Å². The third-order valence-corrected chi connectivity index (χ3v) is 5.34. The summed E-state index contributed by atoms with van der Waals surface area (Å²) in [5.74, 6) is -0.126. The number of halogens is 1. The van der Waals surface area contributed by atoms with Gasteiger partial charge in [-0.05, 0) is 35.9 Å². The number of hydrogen-bond donors (Lipinski definition) is 3. The van der Waals surface area contributed by atoms with Gasteiger partial charge in [-0.3, -0.25) is 4.79 Å². The molecular formula is C21H24FN3O+2. The van der Waals surface area contributed by atoms with Crippen molar-refractivity contribution in [1.82, 2.24) is 4.98 Å². The first-order chi connectivity index (χ1) is 12.6. The Kier molecular flexibility index (Phi) is 4.57. The summed E-state index contributed by atoms with van der Waals surface area (Å²) < 4.78 is 13.3. The molecule has 134 valence electrons. The number of rotatable bonds is 4. The second-order valence-corrected chi connectivity index (χ2v) is 7.23. The van der Waals surface area contributed by atoms with Crippen molar-refractivity contribution in [2.75, 3.05) is 39.8 Å². The normalized spacial score (nSPS) is 20.4. The predicted octanol–water partition coefficient (Wildman–Crippen LogP) is 0.570. The summed E-state index contributed by atoms with van der Waals surface area (Å²) in [5, 5.41) is 0.941. The first-order valence-corrected chi connectivity index (χ1v) is 9.16. The monoisotopic (exact) mass is 353 g/mol. The van der Waals surface area contributed by atoms with Crippen LogP contribution in [0.25, 0.3) is 22.2 Å². The predicted molar refractivity (Wildman–Crippen MR) is 100 cm³/mol. The van der Waals surface area contributed by atoms with Gasteiger partial charge in [-0.15, -0.1) is 0 Å². The maximum Gasteiger partial charge on any atom is 0.219 e. The number of likely N-dealkylation sites (N-methyl/N-ethyl adjacent to an activating group) is 1. The standard InChI is InChI=1S/C21H22FN3O/c1-24-10-12-25(13-11-24)14-19(26)20-17-4-2-3-5-18(17)23-21(20)15-6-8-16(22)9-7-15/h2-9,23H,10-14H2,1H3/p+2. The zero-order valence-corrected chi connectivity index (χ0v) is 14.9. The molecule has 2 heterocycles. The van der Waals surface area contributed by atoms with Crippen molar-refractivity contribution in [2.24, 2.45) is 0 Å². The van der Waals surface area contributed by atoms with E-state index in [2.05, 4.69) is 12.0 Å². The van der Waals surface area contributed by atoms with Gasteiger partial charge in [0.1, 0.15) is 38.5 Å². The van der Waals surface area contributed by atoms with Gasteiger partial charge in [-0.25, -0.2) is 4.39 Å². The molecule has 0 amide bonds. The maximum atomic E-state index is 13.3. The molecule has 4 rings (SSSR count). The number of fused-ring (bicyclic) bond motifs is 1. The molecule has 2 aromatic carbocycles. The summed E-state index contributed by atoms with van der Waals surface area (Å²) in [6, 6.07) is 14.2. The van der Waals surface area contributed by atoms with E-state index in [0.717, 1.165) is 53.9 Å². The molecule has 0 atom stereocenters. The summed E-state index contributed by atoms with van der Waals surface area (Å²) in [4.78, 5) is 19.4. The molecule has 1 aliphatic heterocycles. The van der Waals surface area contributed by atoms with E-state index in [4.69, 9.17) is 0 Å². The summed E-state index contributed by atoms with van der Waals surface area (Å²) in [5.41, 5.74) is 3.29. The Hall–Kier alpha value is -2.50. The van der Waals surface area contributed by atoms with Crippen LogP contribution in [0.3, 0.4) is 0 Å². The Morgan fingerprint density at radius 2 is 1.73 bits per heavy atom. The lowest BCUT2D eigenvalue weighted by Crippen LogP contribution is -3.27. The fourth-order valence-electron chi connectivity index (χ4n) is 3.79. The molecule has 1 saturated heterocycles. The summed E-state index contributed by atoms with van der Waals surface area (Å²) in [7, 11) is 2.20. The maximum absolute atomic E-state index is 13.3. The third kappa shape index (κ3) is 3.28. The number of quaternary nitrogens is 2. The van der Waals surface area contributed by atoms with Crippen LogP contribution >= 0.6 is 0 Å². The lowest BCUT2D eigenvalue weighted by molar-refractivity contribution is -0.999. The lowest BCUT2D eigenvalue weighted by Gasteiger charge is -2.26. The summed E-state index contributed by atoms with van der Waals surface area (Å²) in [6.45, 7) is 4.74. The van der Waals surface area contributed by atoms with E-state index in [1.54, 1.807) is 12.1 Å². The van der Waals surface area contributed by atoms with Crippen LogP contribution in [0.1, 0.15) is 10.4 Å². The molecule has 5 heteroatoms. The van der Waals surface area contributed by atoms with Gasteiger partial charge in [0.15, 0.2) is 0 Å². The number of carbonyl (C=O) groups excluding carboxylic acids is 1. The Bertz CT molecular complexity index is 924. The first-order valence-electron chi connectivity index (χ1n) is 9.16. The summed E-state index contributed by atoms with van der Waals surface area (Å²) in [6.07, 6.45) is 0. The van der Waals surface area contributed by atoms with E-state index in [-0.39, 0.29) is 11.6 Å². The Labute approximate surface area is 152 Å². The molecule has 0 radical (unpaired) electrons. The highest BCUT2D eigenvalue weighted by atomic mass is 19.1. The number of hydrogen-bond acceptors (Lipinski definition) is 1. The Balaban J connectivity index is 1.71. The average molecular weight is 353 g/mol. The van der Waals surface area contributed by atoms with Crippen LogP contribution in [0.5, 0.6) is 0 Å². The number of piperazine rings is 1. The number of nitrogens with one attached hydrogen (secondary N) is 3. The van der Waals surface area contributed by atoms with Crippen LogP contribution in [0.15, 0.2) is 48.5 Å². The van der Waals surface area contributed by atoms with E-state index in [0.29, 0.717) is 6.54 Å². The van der Waals surface area contributed by atoms with E-state index in [1.165, 1.54) is 21.9 Å². The van der Waals surface area contributed by atoms with E-state index in [9.17, 15) is 9.18 Å². The van der Waals surface area contributed by atoms with Crippen LogP contribution in [0, 0.1) is 5.82 Å². The number of aromatic nitrogens is 1. The molecule has 0 bridgehead atoms. The number of H-pyrrole nitrogens is 1. The van der Waals surface area contributed by atoms with Gasteiger partial charge in [-0.2, -0.15) is 0 Å². The molecule has 4 nitrogen and oxygen atoms in total. The molecular weight excluding hydrogens is 329 g/mol. The third-order valence-electron chi connectivity index (χ3n) is 5.34. The van der Waals surface area contributed by atoms with Crippen LogP contribution < -0.4 is 9.80 Å². The van der Waals surface area contributed by atoms with Gasteiger partial charge >= 0.3 is 0 Å². The quantitative estimate of drug-likeness (QED) is 0.590. The lowest BCUT2D eigenvalue weighted by atomic mass is 10.0. The first kappa shape index (κ1) is 16.9. The molecule has 0 spiro atoms. The van der Waals surface area contributed by atoms with Crippen LogP contribution in [-0.2, 0) is 0 Å². The SMILES string of the molecule is C[NH+]1CC[NH+](CC(=O)c2c(-c3ccc(F)cc3)[nH]c3ccccc23)CC1. The highest BCUT2D eigenvalue weighted by molar-refractivity contribution is 6.13. The number of benzene rings is 2. The fourth-order valence-corrected chi connectivity index (χ4v) is 3.79. The van der Waals surface area contributed by atoms with Crippen molar-refractivity contribution in [3.05, 3.63) is 59.9 Å². The minimum Gasteiger partial charge on any atom is -0.354 e. The highest BCUT2D eigenvalue weighted by Crippen LogP contribution is 2.30. The Morgan fingerprint density at radius 1 is 1.04 bits per heavy atom.